The third kappa shape index (κ3) is 2.83. The normalized spacial score (nSPS) is 10.2. The number of hydrogen-bond donors (Lipinski definition) is 1. The van der Waals surface area contributed by atoms with Crippen molar-refractivity contribution in [2.24, 2.45) is 0 Å². The average molecular weight is 268 g/mol. The molecule has 2 aromatic rings. The standard InChI is InChI=1S/C11H12N2O2S2/c1-3-15-10(14)9-7(2)17-11(13-9)12-8-4-5-16-6-8/h4-6H,3H2,1-2H3,(H,12,13). The topological polar surface area (TPSA) is 51.2 Å². The molecule has 2 rings (SSSR count). The van der Waals surface area contributed by atoms with E-state index >= 15 is 0 Å². The molecule has 0 aliphatic rings. The van der Waals surface area contributed by atoms with E-state index in [1.807, 2.05) is 23.8 Å². The van der Waals surface area contributed by atoms with Gasteiger partial charge in [-0.15, -0.1) is 11.3 Å². The van der Waals surface area contributed by atoms with Crippen LogP contribution in [0, 0.1) is 6.92 Å². The Hall–Kier alpha value is -1.40. The lowest BCUT2D eigenvalue weighted by atomic mass is 10.4. The summed E-state index contributed by atoms with van der Waals surface area (Å²) in [6.45, 7) is 4.01. The summed E-state index contributed by atoms with van der Waals surface area (Å²) in [5.74, 6) is -0.361. The highest BCUT2D eigenvalue weighted by Gasteiger charge is 2.16. The zero-order valence-electron chi connectivity index (χ0n) is 9.52. The van der Waals surface area contributed by atoms with Crippen LogP contribution in [-0.2, 0) is 4.74 Å². The van der Waals surface area contributed by atoms with Crippen molar-refractivity contribution in [3.05, 3.63) is 27.4 Å². The number of anilines is 2. The average Bonchev–Trinajstić information content (AvgIpc) is 2.89. The Morgan fingerprint density at radius 1 is 1.59 bits per heavy atom. The van der Waals surface area contributed by atoms with Crippen molar-refractivity contribution in [1.29, 1.82) is 0 Å². The van der Waals surface area contributed by atoms with Gasteiger partial charge in [-0.25, -0.2) is 9.78 Å². The number of hydrogen-bond acceptors (Lipinski definition) is 6. The van der Waals surface area contributed by atoms with Gasteiger partial charge in [0.1, 0.15) is 0 Å². The van der Waals surface area contributed by atoms with Crippen LogP contribution < -0.4 is 5.32 Å². The molecule has 0 atom stereocenters. The van der Waals surface area contributed by atoms with E-state index in [4.69, 9.17) is 4.74 Å². The lowest BCUT2D eigenvalue weighted by molar-refractivity contribution is 0.0519. The first-order chi connectivity index (χ1) is 8.20. The first-order valence-corrected chi connectivity index (χ1v) is 6.90. The first-order valence-electron chi connectivity index (χ1n) is 5.14. The molecule has 0 aliphatic heterocycles. The van der Waals surface area contributed by atoms with Crippen molar-refractivity contribution >= 4 is 39.5 Å². The number of thiophene rings is 1. The lowest BCUT2D eigenvalue weighted by Gasteiger charge is -1.98. The summed E-state index contributed by atoms with van der Waals surface area (Å²) in [5.41, 5.74) is 1.38. The molecular weight excluding hydrogens is 256 g/mol. The molecule has 17 heavy (non-hydrogen) atoms. The molecule has 0 fully saturated rings. The van der Waals surface area contributed by atoms with Crippen LogP contribution in [-0.4, -0.2) is 17.6 Å². The molecule has 0 aromatic carbocycles. The molecule has 0 amide bonds. The van der Waals surface area contributed by atoms with Gasteiger partial charge < -0.3 is 10.1 Å². The largest absolute Gasteiger partial charge is 0.461 e. The van der Waals surface area contributed by atoms with Gasteiger partial charge in [-0.3, -0.25) is 0 Å². The van der Waals surface area contributed by atoms with Crippen LogP contribution in [0.25, 0.3) is 0 Å². The predicted octanol–water partition coefficient (Wildman–Crippen LogP) is 3.43. The fourth-order valence-electron chi connectivity index (χ4n) is 1.30. The summed E-state index contributed by atoms with van der Waals surface area (Å²) in [4.78, 5) is 16.7. The summed E-state index contributed by atoms with van der Waals surface area (Å²) >= 11 is 3.06. The van der Waals surface area contributed by atoms with Crippen LogP contribution in [0.3, 0.4) is 0 Å². The van der Waals surface area contributed by atoms with E-state index in [-0.39, 0.29) is 5.97 Å². The maximum Gasteiger partial charge on any atom is 0.358 e. The van der Waals surface area contributed by atoms with E-state index < -0.39 is 0 Å². The molecule has 0 saturated heterocycles. The highest BCUT2D eigenvalue weighted by atomic mass is 32.1. The van der Waals surface area contributed by atoms with Gasteiger partial charge in [0.2, 0.25) is 0 Å². The van der Waals surface area contributed by atoms with Gasteiger partial charge in [0.05, 0.1) is 12.3 Å². The number of carbonyl (C=O) groups is 1. The third-order valence-electron chi connectivity index (χ3n) is 2.04. The minimum atomic E-state index is -0.361. The van der Waals surface area contributed by atoms with Crippen LogP contribution in [0.2, 0.25) is 0 Å². The minimum Gasteiger partial charge on any atom is -0.461 e. The van der Waals surface area contributed by atoms with Crippen LogP contribution in [0.4, 0.5) is 10.8 Å². The van der Waals surface area contributed by atoms with Gasteiger partial charge in [-0.2, -0.15) is 11.3 Å². The second-order valence-corrected chi connectivity index (χ2v) is 5.26. The van der Waals surface area contributed by atoms with Crippen molar-refractivity contribution in [3.63, 3.8) is 0 Å². The Morgan fingerprint density at radius 3 is 3.06 bits per heavy atom. The number of nitrogens with zero attached hydrogens (tertiary/aromatic N) is 1. The molecule has 0 saturated carbocycles. The minimum absolute atomic E-state index is 0.361. The zero-order chi connectivity index (χ0) is 12.3. The van der Waals surface area contributed by atoms with Crippen LogP contribution in [0.1, 0.15) is 22.3 Å². The molecule has 0 radical (unpaired) electrons. The molecule has 6 heteroatoms. The van der Waals surface area contributed by atoms with E-state index in [9.17, 15) is 4.79 Å². The highest BCUT2D eigenvalue weighted by Crippen LogP contribution is 2.26. The van der Waals surface area contributed by atoms with Crippen molar-refractivity contribution in [2.75, 3.05) is 11.9 Å². The number of carbonyl (C=O) groups excluding carboxylic acids is 1. The second kappa shape index (κ2) is 5.29. The maximum atomic E-state index is 11.6. The molecule has 1 N–H and O–H groups in total. The first kappa shape index (κ1) is 12.1. The number of rotatable bonds is 4. The summed E-state index contributed by atoms with van der Waals surface area (Å²) < 4.78 is 4.94. The lowest BCUT2D eigenvalue weighted by Crippen LogP contribution is -2.06. The summed E-state index contributed by atoms with van der Waals surface area (Å²) in [5, 5.41) is 7.83. The van der Waals surface area contributed by atoms with Crippen molar-refractivity contribution < 1.29 is 9.53 Å². The number of esters is 1. The SMILES string of the molecule is CCOC(=O)c1nc(Nc2ccsc2)sc1C. The molecular formula is C11H12N2O2S2. The van der Waals surface area contributed by atoms with Gasteiger partial charge >= 0.3 is 5.97 Å². The van der Waals surface area contributed by atoms with Gasteiger partial charge in [-0.05, 0) is 25.3 Å². The van der Waals surface area contributed by atoms with Crippen molar-refractivity contribution in [3.8, 4) is 0 Å². The van der Waals surface area contributed by atoms with Crippen LogP contribution in [0.5, 0.6) is 0 Å². The van der Waals surface area contributed by atoms with Gasteiger partial charge in [0, 0.05) is 10.3 Å². The Labute approximate surface area is 107 Å². The molecule has 0 aliphatic carbocycles. The van der Waals surface area contributed by atoms with Crippen molar-refractivity contribution in [1.82, 2.24) is 4.98 Å². The smallest absolute Gasteiger partial charge is 0.358 e. The number of ether oxygens (including phenoxy) is 1. The predicted molar refractivity (Wildman–Crippen MR) is 70.4 cm³/mol. The monoisotopic (exact) mass is 268 g/mol. The fraction of sp³-hybridized carbons (Fsp3) is 0.273. The van der Waals surface area contributed by atoms with E-state index in [0.29, 0.717) is 17.4 Å². The summed E-state index contributed by atoms with van der Waals surface area (Å²) in [6, 6.07) is 1.96. The van der Waals surface area contributed by atoms with E-state index in [1.165, 1.54) is 11.3 Å². The summed E-state index contributed by atoms with van der Waals surface area (Å²) in [7, 11) is 0. The molecule has 0 spiro atoms. The number of thiazole rings is 1. The zero-order valence-corrected chi connectivity index (χ0v) is 11.2. The van der Waals surface area contributed by atoms with Gasteiger partial charge in [0.25, 0.3) is 0 Å². The molecule has 0 bridgehead atoms. The quantitative estimate of drug-likeness (QED) is 0.863. The number of nitrogens with one attached hydrogen (secondary N) is 1. The Balaban J connectivity index is 2.16. The molecule has 4 nitrogen and oxygen atoms in total. The Morgan fingerprint density at radius 2 is 2.41 bits per heavy atom. The highest BCUT2D eigenvalue weighted by molar-refractivity contribution is 7.16. The van der Waals surface area contributed by atoms with E-state index in [2.05, 4.69) is 10.3 Å². The fourth-order valence-corrected chi connectivity index (χ4v) is 2.71. The number of aryl methyl sites for hydroxylation is 1. The van der Waals surface area contributed by atoms with Crippen LogP contribution >= 0.6 is 22.7 Å². The second-order valence-electron chi connectivity index (χ2n) is 3.28. The molecule has 2 heterocycles. The summed E-state index contributed by atoms with van der Waals surface area (Å²) in [6.07, 6.45) is 0. The van der Waals surface area contributed by atoms with E-state index in [1.54, 1.807) is 18.3 Å². The molecule has 0 unspecified atom stereocenters. The van der Waals surface area contributed by atoms with E-state index in [0.717, 1.165) is 10.6 Å². The van der Waals surface area contributed by atoms with Gasteiger partial charge in [0.15, 0.2) is 10.8 Å². The van der Waals surface area contributed by atoms with Crippen LogP contribution in [0.15, 0.2) is 16.8 Å². The Kier molecular flexibility index (Phi) is 3.75. The number of aromatic nitrogens is 1. The molecule has 90 valence electrons. The maximum absolute atomic E-state index is 11.6. The third-order valence-corrected chi connectivity index (χ3v) is 3.61. The molecule has 2 aromatic heterocycles. The van der Waals surface area contributed by atoms with Crippen molar-refractivity contribution in [2.45, 2.75) is 13.8 Å². The Bertz CT molecular complexity index is 506. The van der Waals surface area contributed by atoms with Gasteiger partial charge in [-0.1, -0.05) is 0 Å².